The first-order valence-corrected chi connectivity index (χ1v) is 4.42. The van der Waals surface area contributed by atoms with Crippen molar-refractivity contribution in [1.29, 1.82) is 5.26 Å². The van der Waals surface area contributed by atoms with Crippen molar-refractivity contribution in [3.8, 4) is 6.07 Å². The Balaban J connectivity index is 1.97. The summed E-state index contributed by atoms with van der Waals surface area (Å²) in [5.41, 5.74) is 0.609. The van der Waals surface area contributed by atoms with Gasteiger partial charge < -0.3 is 4.74 Å². The molecule has 1 fully saturated rings. The quantitative estimate of drug-likeness (QED) is 0.675. The van der Waals surface area contributed by atoms with Crippen LogP contribution in [0, 0.1) is 11.3 Å². The molecule has 4 heteroatoms. The normalized spacial score (nSPS) is 21.6. The lowest BCUT2D eigenvalue weighted by molar-refractivity contribution is 0.0940. The summed E-state index contributed by atoms with van der Waals surface area (Å²) in [6, 6.07) is 2.05. The van der Waals surface area contributed by atoms with E-state index in [1.807, 2.05) is 6.07 Å². The Bertz CT molecular complexity index is 320. The minimum Gasteiger partial charge on any atom is -0.376 e. The first-order chi connectivity index (χ1) is 6.38. The molecule has 0 spiro atoms. The zero-order valence-electron chi connectivity index (χ0n) is 7.31. The molecule has 0 amide bonds. The van der Waals surface area contributed by atoms with Crippen molar-refractivity contribution in [2.24, 2.45) is 0 Å². The van der Waals surface area contributed by atoms with Crippen LogP contribution >= 0.6 is 0 Å². The number of ether oxygens (including phenoxy) is 1. The predicted octanol–water partition coefficient (Wildman–Crippen LogP) is 0.934. The van der Waals surface area contributed by atoms with E-state index >= 15 is 0 Å². The second-order valence-electron chi connectivity index (χ2n) is 3.20. The van der Waals surface area contributed by atoms with Crippen LogP contribution in [0.15, 0.2) is 12.4 Å². The van der Waals surface area contributed by atoms with Crippen molar-refractivity contribution in [2.45, 2.75) is 25.5 Å². The third-order valence-corrected chi connectivity index (χ3v) is 2.18. The molecule has 0 aromatic carbocycles. The molecule has 0 N–H and O–H groups in total. The molecule has 68 valence electrons. The first-order valence-electron chi connectivity index (χ1n) is 4.42. The Morgan fingerprint density at radius 1 is 1.77 bits per heavy atom. The topological polar surface area (TPSA) is 50.8 Å². The predicted molar refractivity (Wildman–Crippen MR) is 45.9 cm³/mol. The fourth-order valence-corrected chi connectivity index (χ4v) is 1.52. The first kappa shape index (κ1) is 8.27. The van der Waals surface area contributed by atoms with Gasteiger partial charge in [-0.3, -0.25) is 4.68 Å². The third kappa shape index (κ3) is 1.87. The number of hydrogen-bond acceptors (Lipinski definition) is 3. The summed E-state index contributed by atoms with van der Waals surface area (Å²) in [7, 11) is 0. The zero-order valence-corrected chi connectivity index (χ0v) is 7.31. The van der Waals surface area contributed by atoms with Crippen LogP contribution in [-0.2, 0) is 11.3 Å². The lowest BCUT2D eigenvalue weighted by Gasteiger charge is -2.08. The van der Waals surface area contributed by atoms with Crippen LogP contribution in [0.1, 0.15) is 18.4 Å². The van der Waals surface area contributed by atoms with Gasteiger partial charge >= 0.3 is 0 Å². The SMILES string of the molecule is N#Cc1cnn(C[C@H]2CCCO2)c1. The molecule has 1 aromatic rings. The van der Waals surface area contributed by atoms with Gasteiger partial charge in [-0.05, 0) is 12.8 Å². The van der Waals surface area contributed by atoms with Gasteiger partial charge in [-0.25, -0.2) is 0 Å². The molecule has 0 aliphatic carbocycles. The summed E-state index contributed by atoms with van der Waals surface area (Å²) in [5, 5.41) is 12.6. The Labute approximate surface area is 76.7 Å². The molecule has 0 radical (unpaired) electrons. The summed E-state index contributed by atoms with van der Waals surface area (Å²) in [5.74, 6) is 0. The van der Waals surface area contributed by atoms with Gasteiger partial charge in [0.1, 0.15) is 6.07 Å². The molecule has 0 unspecified atom stereocenters. The van der Waals surface area contributed by atoms with Crippen LogP contribution in [0.5, 0.6) is 0 Å². The minimum atomic E-state index is 0.284. The van der Waals surface area contributed by atoms with E-state index in [0.717, 1.165) is 26.0 Å². The molecular weight excluding hydrogens is 166 g/mol. The fourth-order valence-electron chi connectivity index (χ4n) is 1.52. The van der Waals surface area contributed by atoms with Crippen molar-refractivity contribution >= 4 is 0 Å². The molecule has 0 saturated carbocycles. The number of nitriles is 1. The van der Waals surface area contributed by atoms with Crippen molar-refractivity contribution in [3.05, 3.63) is 18.0 Å². The number of hydrogen-bond donors (Lipinski definition) is 0. The highest BCUT2D eigenvalue weighted by Crippen LogP contribution is 2.13. The highest BCUT2D eigenvalue weighted by molar-refractivity contribution is 5.21. The molecule has 1 aromatic heterocycles. The molecule has 2 rings (SSSR count). The number of rotatable bonds is 2. The molecule has 1 atom stereocenters. The van der Waals surface area contributed by atoms with E-state index in [0.29, 0.717) is 5.56 Å². The Hall–Kier alpha value is -1.34. The molecule has 0 bridgehead atoms. The summed E-state index contributed by atoms with van der Waals surface area (Å²) in [6.07, 6.45) is 5.85. The fraction of sp³-hybridized carbons (Fsp3) is 0.556. The van der Waals surface area contributed by atoms with Gasteiger partial charge in [-0.1, -0.05) is 0 Å². The number of nitrogens with zero attached hydrogens (tertiary/aromatic N) is 3. The second-order valence-corrected chi connectivity index (χ2v) is 3.20. The summed E-state index contributed by atoms with van der Waals surface area (Å²) in [6.45, 7) is 1.62. The van der Waals surface area contributed by atoms with E-state index in [-0.39, 0.29) is 6.10 Å². The van der Waals surface area contributed by atoms with Crippen LogP contribution in [0.4, 0.5) is 0 Å². The minimum absolute atomic E-state index is 0.284. The van der Waals surface area contributed by atoms with Gasteiger partial charge in [0.2, 0.25) is 0 Å². The van der Waals surface area contributed by atoms with Crippen molar-refractivity contribution in [1.82, 2.24) is 9.78 Å². The molecule has 2 heterocycles. The Morgan fingerprint density at radius 3 is 3.31 bits per heavy atom. The number of aromatic nitrogens is 2. The maximum absolute atomic E-state index is 8.58. The van der Waals surface area contributed by atoms with Crippen LogP contribution in [0.2, 0.25) is 0 Å². The van der Waals surface area contributed by atoms with E-state index in [1.165, 1.54) is 0 Å². The Kier molecular flexibility index (Phi) is 2.28. The van der Waals surface area contributed by atoms with Gasteiger partial charge in [0.25, 0.3) is 0 Å². The molecular formula is C9H11N3O. The van der Waals surface area contributed by atoms with Crippen LogP contribution < -0.4 is 0 Å². The second kappa shape index (κ2) is 3.58. The van der Waals surface area contributed by atoms with E-state index in [2.05, 4.69) is 5.10 Å². The summed E-state index contributed by atoms with van der Waals surface area (Å²) < 4.78 is 7.23. The van der Waals surface area contributed by atoms with Crippen LogP contribution in [-0.4, -0.2) is 22.5 Å². The Morgan fingerprint density at radius 2 is 2.69 bits per heavy atom. The standard InChI is InChI=1S/C9H11N3O/c10-4-8-5-11-12(6-8)7-9-2-1-3-13-9/h5-6,9H,1-3,7H2/t9-/m1/s1. The summed E-state index contributed by atoms with van der Waals surface area (Å²) >= 11 is 0. The largest absolute Gasteiger partial charge is 0.376 e. The average molecular weight is 177 g/mol. The highest BCUT2D eigenvalue weighted by Gasteiger charge is 2.16. The van der Waals surface area contributed by atoms with Crippen LogP contribution in [0.3, 0.4) is 0 Å². The molecule has 13 heavy (non-hydrogen) atoms. The van der Waals surface area contributed by atoms with Crippen molar-refractivity contribution in [3.63, 3.8) is 0 Å². The van der Waals surface area contributed by atoms with E-state index in [9.17, 15) is 0 Å². The van der Waals surface area contributed by atoms with Crippen molar-refractivity contribution in [2.75, 3.05) is 6.61 Å². The molecule has 1 aliphatic rings. The van der Waals surface area contributed by atoms with Gasteiger partial charge in [-0.15, -0.1) is 0 Å². The van der Waals surface area contributed by atoms with Gasteiger partial charge in [0.15, 0.2) is 0 Å². The summed E-state index contributed by atoms with van der Waals surface area (Å²) in [4.78, 5) is 0. The third-order valence-electron chi connectivity index (χ3n) is 2.18. The van der Waals surface area contributed by atoms with Gasteiger partial charge in [0, 0.05) is 12.8 Å². The van der Waals surface area contributed by atoms with Gasteiger partial charge in [-0.2, -0.15) is 10.4 Å². The molecule has 1 saturated heterocycles. The van der Waals surface area contributed by atoms with E-state index in [1.54, 1.807) is 17.1 Å². The zero-order chi connectivity index (χ0) is 9.10. The van der Waals surface area contributed by atoms with E-state index < -0.39 is 0 Å². The van der Waals surface area contributed by atoms with Crippen LogP contribution in [0.25, 0.3) is 0 Å². The van der Waals surface area contributed by atoms with Gasteiger partial charge in [0.05, 0.1) is 24.4 Å². The highest BCUT2D eigenvalue weighted by atomic mass is 16.5. The maximum atomic E-state index is 8.58. The average Bonchev–Trinajstić information content (AvgIpc) is 2.76. The monoisotopic (exact) mass is 177 g/mol. The lowest BCUT2D eigenvalue weighted by atomic mass is 10.2. The van der Waals surface area contributed by atoms with Crippen molar-refractivity contribution < 1.29 is 4.74 Å². The maximum Gasteiger partial charge on any atom is 0.102 e. The van der Waals surface area contributed by atoms with E-state index in [4.69, 9.17) is 10.00 Å². The molecule has 1 aliphatic heterocycles. The molecule has 4 nitrogen and oxygen atoms in total. The lowest BCUT2D eigenvalue weighted by Crippen LogP contribution is -2.14. The smallest absolute Gasteiger partial charge is 0.102 e.